The van der Waals surface area contributed by atoms with E-state index in [1.165, 1.54) is 0 Å². The number of rotatable bonds is 1. The fourth-order valence-corrected chi connectivity index (χ4v) is 2.68. The minimum absolute atomic E-state index is 0.00493. The van der Waals surface area contributed by atoms with Crippen molar-refractivity contribution in [1.82, 2.24) is 19.9 Å². The van der Waals surface area contributed by atoms with Crippen LogP contribution in [0.1, 0.15) is 21.6 Å². The molecule has 0 bridgehead atoms. The van der Waals surface area contributed by atoms with Crippen LogP contribution >= 0.6 is 0 Å². The van der Waals surface area contributed by atoms with Crippen molar-refractivity contribution in [3.05, 3.63) is 53.5 Å². The van der Waals surface area contributed by atoms with Crippen molar-refractivity contribution in [2.75, 3.05) is 5.73 Å². The van der Waals surface area contributed by atoms with Gasteiger partial charge in [0.25, 0.3) is 5.91 Å². The van der Waals surface area contributed by atoms with Crippen LogP contribution in [0.25, 0.3) is 10.9 Å². The quantitative estimate of drug-likeness (QED) is 0.709. The van der Waals surface area contributed by atoms with Gasteiger partial charge in [0.15, 0.2) is 0 Å². The first-order valence-electron chi connectivity index (χ1n) is 6.67. The van der Waals surface area contributed by atoms with E-state index in [0.29, 0.717) is 18.7 Å². The molecule has 0 saturated heterocycles. The van der Waals surface area contributed by atoms with Gasteiger partial charge >= 0.3 is 0 Å². The monoisotopic (exact) mass is 279 g/mol. The number of aromatic nitrogens is 3. The molecule has 3 heterocycles. The highest BCUT2D eigenvalue weighted by molar-refractivity contribution is 5.98. The maximum atomic E-state index is 12.6. The second kappa shape index (κ2) is 4.31. The van der Waals surface area contributed by atoms with Gasteiger partial charge < -0.3 is 15.6 Å². The largest absolute Gasteiger partial charge is 0.368 e. The van der Waals surface area contributed by atoms with Crippen LogP contribution in [0.3, 0.4) is 0 Å². The summed E-state index contributed by atoms with van der Waals surface area (Å²) in [5.41, 5.74) is 9.08. The second-order valence-electron chi connectivity index (χ2n) is 5.14. The summed E-state index contributed by atoms with van der Waals surface area (Å²) in [6.07, 6.45) is 3.56. The molecule has 0 aliphatic carbocycles. The number of fused-ring (bicyclic) bond motifs is 2. The number of nitrogens with zero attached hydrogens (tertiary/aromatic N) is 3. The molecule has 0 spiro atoms. The Morgan fingerprint density at radius 2 is 2.19 bits per heavy atom. The minimum Gasteiger partial charge on any atom is -0.368 e. The molecule has 6 heteroatoms. The molecule has 4 rings (SSSR count). The van der Waals surface area contributed by atoms with E-state index < -0.39 is 0 Å². The van der Waals surface area contributed by atoms with E-state index in [-0.39, 0.29) is 11.9 Å². The molecule has 0 fully saturated rings. The number of amides is 1. The number of hydrogen-bond donors (Lipinski definition) is 2. The Bertz CT molecular complexity index is 854. The van der Waals surface area contributed by atoms with Crippen LogP contribution < -0.4 is 5.73 Å². The Morgan fingerprint density at radius 3 is 3.10 bits per heavy atom. The summed E-state index contributed by atoms with van der Waals surface area (Å²) in [7, 11) is 0. The predicted molar refractivity (Wildman–Crippen MR) is 78.3 cm³/mol. The van der Waals surface area contributed by atoms with Gasteiger partial charge in [-0.15, -0.1) is 0 Å². The fourth-order valence-electron chi connectivity index (χ4n) is 2.68. The van der Waals surface area contributed by atoms with Crippen molar-refractivity contribution in [3.8, 4) is 0 Å². The lowest BCUT2D eigenvalue weighted by Gasteiger charge is -2.15. The highest BCUT2D eigenvalue weighted by atomic mass is 16.2. The van der Waals surface area contributed by atoms with Gasteiger partial charge in [0.2, 0.25) is 5.95 Å². The molecule has 3 N–H and O–H groups in total. The number of H-pyrrole nitrogens is 1. The smallest absolute Gasteiger partial charge is 0.254 e. The number of nitrogens with one attached hydrogen (secondary N) is 1. The SMILES string of the molecule is Nc1ncc2c(n1)CN(C(=O)c1ccc3[nH]ccc3c1)C2. The number of carbonyl (C=O) groups excluding carboxylic acids is 1. The lowest BCUT2D eigenvalue weighted by Crippen LogP contribution is -2.25. The van der Waals surface area contributed by atoms with Crippen molar-refractivity contribution >= 4 is 22.8 Å². The standard InChI is InChI=1S/C15H13N5O/c16-15-18-6-11-7-20(8-13(11)19-15)14(21)10-1-2-12-9(5-10)3-4-17-12/h1-6,17H,7-8H2,(H2,16,18,19). The molecule has 6 nitrogen and oxygen atoms in total. The van der Waals surface area contributed by atoms with Crippen LogP contribution in [0.5, 0.6) is 0 Å². The average Bonchev–Trinajstić information content (AvgIpc) is 3.11. The summed E-state index contributed by atoms with van der Waals surface area (Å²) in [4.78, 5) is 25.6. The number of benzene rings is 1. The van der Waals surface area contributed by atoms with Crippen LogP contribution in [0, 0.1) is 0 Å². The topological polar surface area (TPSA) is 87.9 Å². The summed E-state index contributed by atoms with van der Waals surface area (Å²) in [6.45, 7) is 1.01. The van der Waals surface area contributed by atoms with Gasteiger partial charge in [0.05, 0.1) is 12.2 Å². The van der Waals surface area contributed by atoms with E-state index >= 15 is 0 Å². The number of hydrogen-bond acceptors (Lipinski definition) is 4. The Hall–Kier alpha value is -2.89. The first-order chi connectivity index (χ1) is 10.2. The van der Waals surface area contributed by atoms with Crippen molar-refractivity contribution in [1.29, 1.82) is 0 Å². The first kappa shape index (κ1) is 11.9. The lowest BCUT2D eigenvalue weighted by molar-refractivity contribution is 0.0750. The van der Waals surface area contributed by atoms with Crippen LogP contribution in [0.2, 0.25) is 0 Å². The molecule has 21 heavy (non-hydrogen) atoms. The molecule has 1 aliphatic rings. The summed E-state index contributed by atoms with van der Waals surface area (Å²) in [5, 5.41) is 1.03. The van der Waals surface area contributed by atoms with Gasteiger partial charge in [0.1, 0.15) is 0 Å². The molecule has 3 aromatic rings. The van der Waals surface area contributed by atoms with Gasteiger partial charge in [-0.25, -0.2) is 9.97 Å². The second-order valence-corrected chi connectivity index (χ2v) is 5.14. The van der Waals surface area contributed by atoms with Crippen molar-refractivity contribution in [2.24, 2.45) is 0 Å². The predicted octanol–water partition coefficient (Wildman–Crippen LogP) is 1.70. The summed E-state index contributed by atoms with van der Waals surface area (Å²) >= 11 is 0. The maximum absolute atomic E-state index is 12.6. The zero-order valence-electron chi connectivity index (χ0n) is 11.2. The van der Waals surface area contributed by atoms with Gasteiger partial charge in [-0.05, 0) is 24.3 Å². The number of carbonyl (C=O) groups is 1. The molecular weight excluding hydrogens is 266 g/mol. The van der Waals surface area contributed by atoms with E-state index in [1.54, 1.807) is 11.1 Å². The summed E-state index contributed by atoms with van der Waals surface area (Å²) < 4.78 is 0. The zero-order chi connectivity index (χ0) is 14.4. The number of aromatic amines is 1. The molecule has 104 valence electrons. The van der Waals surface area contributed by atoms with Crippen molar-refractivity contribution in [2.45, 2.75) is 13.1 Å². The third kappa shape index (κ3) is 1.92. The van der Waals surface area contributed by atoms with Gasteiger partial charge in [-0.1, -0.05) is 0 Å². The molecule has 1 aromatic carbocycles. The normalized spacial score (nSPS) is 13.6. The third-order valence-electron chi connectivity index (χ3n) is 3.76. The highest BCUT2D eigenvalue weighted by Gasteiger charge is 2.26. The van der Waals surface area contributed by atoms with Crippen molar-refractivity contribution < 1.29 is 4.79 Å². The zero-order valence-corrected chi connectivity index (χ0v) is 11.2. The van der Waals surface area contributed by atoms with Crippen LogP contribution in [0.4, 0.5) is 5.95 Å². The van der Waals surface area contributed by atoms with E-state index in [9.17, 15) is 4.79 Å². The molecule has 1 aliphatic heterocycles. The molecule has 0 atom stereocenters. The van der Waals surface area contributed by atoms with E-state index in [0.717, 1.165) is 22.2 Å². The summed E-state index contributed by atoms with van der Waals surface area (Å²) in [6, 6.07) is 7.61. The lowest BCUT2D eigenvalue weighted by atomic mass is 10.1. The van der Waals surface area contributed by atoms with E-state index in [1.807, 2.05) is 30.5 Å². The molecule has 2 aromatic heterocycles. The van der Waals surface area contributed by atoms with Crippen LogP contribution in [-0.2, 0) is 13.1 Å². The van der Waals surface area contributed by atoms with Gasteiger partial charge in [0, 0.05) is 41.0 Å². The van der Waals surface area contributed by atoms with Crippen LogP contribution in [0.15, 0.2) is 36.7 Å². The molecule has 0 radical (unpaired) electrons. The minimum atomic E-state index is -0.00493. The molecule has 0 saturated carbocycles. The average molecular weight is 279 g/mol. The molecular formula is C15H13N5O. The number of nitrogens with two attached hydrogens (primary N) is 1. The van der Waals surface area contributed by atoms with E-state index in [2.05, 4.69) is 15.0 Å². The Balaban J connectivity index is 1.64. The number of nitrogen functional groups attached to an aromatic ring is 1. The van der Waals surface area contributed by atoms with Crippen LogP contribution in [-0.4, -0.2) is 25.8 Å². The summed E-state index contributed by atoms with van der Waals surface area (Å²) in [5.74, 6) is 0.242. The maximum Gasteiger partial charge on any atom is 0.254 e. The Labute approximate surface area is 120 Å². The fraction of sp³-hybridized carbons (Fsp3) is 0.133. The number of anilines is 1. The Kier molecular flexibility index (Phi) is 2.44. The molecule has 1 amide bonds. The van der Waals surface area contributed by atoms with Gasteiger partial charge in [-0.2, -0.15) is 0 Å². The first-order valence-corrected chi connectivity index (χ1v) is 6.67. The third-order valence-corrected chi connectivity index (χ3v) is 3.76. The Morgan fingerprint density at radius 1 is 1.29 bits per heavy atom. The molecule has 0 unspecified atom stereocenters. The van der Waals surface area contributed by atoms with E-state index in [4.69, 9.17) is 5.73 Å². The van der Waals surface area contributed by atoms with Gasteiger partial charge in [-0.3, -0.25) is 4.79 Å². The van der Waals surface area contributed by atoms with Crippen molar-refractivity contribution in [3.63, 3.8) is 0 Å². The highest BCUT2D eigenvalue weighted by Crippen LogP contribution is 2.24.